The van der Waals surface area contributed by atoms with Crippen LogP contribution in [-0.4, -0.2) is 46.3 Å². The van der Waals surface area contributed by atoms with Gasteiger partial charge in [0, 0.05) is 29.9 Å². The van der Waals surface area contributed by atoms with Crippen LogP contribution in [0.15, 0.2) is 24.3 Å². The third-order valence-electron chi connectivity index (χ3n) is 6.65. The fourth-order valence-corrected chi connectivity index (χ4v) is 4.82. The smallest absolute Gasteiger partial charge is 0.354 e. The summed E-state index contributed by atoms with van der Waals surface area (Å²) in [4.78, 5) is 41.1. The molecule has 1 aromatic carbocycles. The molecule has 1 fully saturated rings. The van der Waals surface area contributed by atoms with Gasteiger partial charge in [0.05, 0.1) is 13.2 Å². The molecular weight excluding hydrogens is 411 g/mol. The fraction of sp³-hybridized carbons (Fsp3) is 0.480. The van der Waals surface area contributed by atoms with Gasteiger partial charge >= 0.3 is 5.97 Å². The first-order valence-electron chi connectivity index (χ1n) is 11.1. The van der Waals surface area contributed by atoms with Gasteiger partial charge in [-0.2, -0.15) is 0 Å². The van der Waals surface area contributed by atoms with Crippen molar-refractivity contribution in [1.82, 2.24) is 9.47 Å². The molecule has 0 bridgehead atoms. The lowest BCUT2D eigenvalue weighted by Gasteiger charge is -2.38. The molecule has 1 unspecified atom stereocenters. The zero-order chi connectivity index (χ0) is 23.6. The number of Topliss-reactive ketones (excluding diaryl/α,β-unsaturated/α-hetero) is 1. The summed E-state index contributed by atoms with van der Waals surface area (Å²) in [5.41, 5.74) is 2.32. The molecule has 2 aromatic rings. The van der Waals surface area contributed by atoms with Crippen molar-refractivity contribution in [3.8, 4) is 0 Å². The Balaban J connectivity index is 2.02. The molecule has 0 spiro atoms. The Bertz CT molecular complexity index is 1020. The van der Waals surface area contributed by atoms with Crippen LogP contribution < -0.4 is 0 Å². The predicted octanol–water partition coefficient (Wildman–Crippen LogP) is 4.61. The van der Waals surface area contributed by atoms with Crippen LogP contribution in [0.5, 0.6) is 0 Å². The molecule has 7 heteroatoms. The van der Waals surface area contributed by atoms with Crippen LogP contribution in [0.4, 0.5) is 4.39 Å². The topological polar surface area (TPSA) is 68.6 Å². The number of hydrogen-bond acceptors (Lipinski definition) is 4. The number of methoxy groups -OCH3 is 1. The molecule has 1 aliphatic rings. The maximum Gasteiger partial charge on any atom is 0.354 e. The van der Waals surface area contributed by atoms with Crippen molar-refractivity contribution in [2.45, 2.75) is 65.0 Å². The van der Waals surface area contributed by atoms with Gasteiger partial charge in [-0.05, 0) is 63.4 Å². The maximum atomic E-state index is 13.7. The van der Waals surface area contributed by atoms with Crippen molar-refractivity contribution in [2.75, 3.05) is 7.11 Å². The molecule has 1 aliphatic carbocycles. The summed E-state index contributed by atoms with van der Waals surface area (Å²) in [6.07, 6.45) is 4.75. The number of rotatable bonds is 6. The van der Waals surface area contributed by atoms with Gasteiger partial charge in [0.2, 0.25) is 0 Å². The van der Waals surface area contributed by atoms with Gasteiger partial charge in [0.1, 0.15) is 11.5 Å². The summed E-state index contributed by atoms with van der Waals surface area (Å²) in [5.74, 6) is -1.42. The number of ether oxygens (including phenoxy) is 1. The molecule has 3 rings (SSSR count). The predicted molar refractivity (Wildman–Crippen MR) is 119 cm³/mol. The van der Waals surface area contributed by atoms with Crippen molar-refractivity contribution in [3.05, 3.63) is 58.2 Å². The van der Waals surface area contributed by atoms with Crippen LogP contribution in [0.3, 0.4) is 0 Å². The van der Waals surface area contributed by atoms with Gasteiger partial charge in [-0.1, -0.05) is 19.3 Å². The first-order chi connectivity index (χ1) is 15.2. The molecule has 0 aliphatic heterocycles. The summed E-state index contributed by atoms with van der Waals surface area (Å²) < 4.78 is 20.0. The van der Waals surface area contributed by atoms with Crippen LogP contribution in [0, 0.1) is 19.7 Å². The van der Waals surface area contributed by atoms with Gasteiger partial charge in [-0.3, -0.25) is 9.59 Å². The van der Waals surface area contributed by atoms with E-state index in [0.717, 1.165) is 32.1 Å². The lowest BCUT2D eigenvalue weighted by Crippen LogP contribution is -2.50. The number of carbonyl (C=O) groups excluding carboxylic acids is 3. The van der Waals surface area contributed by atoms with Crippen LogP contribution in [0.2, 0.25) is 0 Å². The second-order valence-corrected chi connectivity index (χ2v) is 8.54. The van der Waals surface area contributed by atoms with Gasteiger partial charge in [0.15, 0.2) is 5.78 Å². The van der Waals surface area contributed by atoms with E-state index in [0.29, 0.717) is 28.1 Å². The van der Waals surface area contributed by atoms with E-state index in [1.807, 2.05) is 0 Å². The number of carbonyl (C=O) groups is 3. The van der Waals surface area contributed by atoms with E-state index < -0.39 is 17.8 Å². The molecule has 0 radical (unpaired) electrons. The minimum absolute atomic E-state index is 0.0651. The van der Waals surface area contributed by atoms with Crippen LogP contribution in [0.25, 0.3) is 0 Å². The van der Waals surface area contributed by atoms with E-state index in [1.165, 1.54) is 31.4 Å². The standard InChI is InChI=1S/C25H31FN2O4/c1-15-21(16(2)27(4)22(15)25(31)32-5)23(29)17(3)28(20-9-7-6-8-10-20)24(30)18-11-13-19(26)14-12-18/h11-14,17,20H,6-10H2,1-5H3. The van der Waals surface area contributed by atoms with E-state index in [1.54, 1.807) is 37.3 Å². The highest BCUT2D eigenvalue weighted by Gasteiger charge is 2.36. The Labute approximate surface area is 188 Å². The Morgan fingerprint density at radius 1 is 1.09 bits per heavy atom. The molecule has 0 N–H and O–H groups in total. The van der Waals surface area contributed by atoms with Crippen molar-refractivity contribution in [3.63, 3.8) is 0 Å². The summed E-state index contributed by atoms with van der Waals surface area (Å²) >= 11 is 0. The van der Waals surface area contributed by atoms with Crippen LogP contribution in [0.1, 0.15) is 81.5 Å². The molecule has 1 amide bonds. The van der Waals surface area contributed by atoms with Crippen molar-refractivity contribution < 1.29 is 23.5 Å². The fourth-order valence-electron chi connectivity index (χ4n) is 4.82. The molecule has 172 valence electrons. The molecule has 1 heterocycles. The minimum atomic E-state index is -0.735. The number of aromatic nitrogens is 1. The van der Waals surface area contributed by atoms with Crippen molar-refractivity contribution in [2.24, 2.45) is 7.05 Å². The maximum absolute atomic E-state index is 13.7. The second kappa shape index (κ2) is 9.67. The molecule has 6 nitrogen and oxygen atoms in total. The zero-order valence-electron chi connectivity index (χ0n) is 19.4. The van der Waals surface area contributed by atoms with Gasteiger partial charge in [-0.25, -0.2) is 9.18 Å². The third kappa shape index (κ3) is 4.33. The largest absolute Gasteiger partial charge is 0.464 e. The van der Waals surface area contributed by atoms with E-state index in [-0.39, 0.29) is 17.7 Å². The number of benzene rings is 1. The van der Waals surface area contributed by atoms with Crippen LogP contribution in [-0.2, 0) is 11.8 Å². The summed E-state index contributed by atoms with van der Waals surface area (Å²) in [6, 6.07) is 4.63. The highest BCUT2D eigenvalue weighted by Crippen LogP contribution is 2.29. The first-order valence-corrected chi connectivity index (χ1v) is 11.1. The summed E-state index contributed by atoms with van der Waals surface area (Å²) in [7, 11) is 3.03. The summed E-state index contributed by atoms with van der Waals surface area (Å²) in [5, 5.41) is 0. The lowest BCUT2D eigenvalue weighted by atomic mass is 9.90. The zero-order valence-corrected chi connectivity index (χ0v) is 19.4. The Kier molecular flexibility index (Phi) is 7.16. The van der Waals surface area contributed by atoms with E-state index in [4.69, 9.17) is 4.74 Å². The number of hydrogen-bond donors (Lipinski definition) is 0. The van der Waals surface area contributed by atoms with Gasteiger partial charge in [0.25, 0.3) is 5.91 Å². The average Bonchev–Trinajstić information content (AvgIpc) is 3.02. The molecular formula is C25H31FN2O4. The number of halogens is 1. The number of nitrogens with zero attached hydrogens (tertiary/aromatic N) is 2. The SMILES string of the molecule is COC(=O)c1c(C)c(C(=O)C(C)N(C(=O)c2ccc(F)cc2)C2CCCCC2)c(C)n1C. The molecule has 0 saturated heterocycles. The van der Waals surface area contributed by atoms with Crippen molar-refractivity contribution >= 4 is 17.7 Å². The molecule has 1 aromatic heterocycles. The molecule has 1 saturated carbocycles. The normalized spacial score (nSPS) is 15.3. The Hall–Kier alpha value is -2.96. The molecule has 1 atom stereocenters. The first kappa shape index (κ1) is 23.7. The summed E-state index contributed by atoms with van der Waals surface area (Å²) in [6.45, 7) is 5.25. The molecule has 32 heavy (non-hydrogen) atoms. The van der Waals surface area contributed by atoms with E-state index >= 15 is 0 Å². The van der Waals surface area contributed by atoms with Gasteiger partial charge < -0.3 is 14.2 Å². The van der Waals surface area contributed by atoms with E-state index in [2.05, 4.69) is 0 Å². The number of ketones is 1. The lowest BCUT2D eigenvalue weighted by molar-refractivity contribution is 0.0486. The van der Waals surface area contributed by atoms with Gasteiger partial charge in [-0.15, -0.1) is 0 Å². The number of esters is 1. The van der Waals surface area contributed by atoms with Crippen LogP contribution >= 0.6 is 0 Å². The Morgan fingerprint density at radius 3 is 2.25 bits per heavy atom. The third-order valence-corrected chi connectivity index (χ3v) is 6.65. The highest BCUT2D eigenvalue weighted by atomic mass is 19.1. The average molecular weight is 443 g/mol. The second-order valence-electron chi connectivity index (χ2n) is 8.54. The van der Waals surface area contributed by atoms with Crippen molar-refractivity contribution in [1.29, 1.82) is 0 Å². The number of amides is 1. The Morgan fingerprint density at radius 2 is 1.69 bits per heavy atom. The minimum Gasteiger partial charge on any atom is -0.464 e. The quantitative estimate of drug-likeness (QED) is 0.484. The highest BCUT2D eigenvalue weighted by molar-refractivity contribution is 6.07. The monoisotopic (exact) mass is 442 g/mol. The van der Waals surface area contributed by atoms with E-state index in [9.17, 15) is 18.8 Å².